The molecule has 0 unspecified atom stereocenters. The summed E-state index contributed by atoms with van der Waals surface area (Å²) in [5, 5.41) is 2.35. The lowest BCUT2D eigenvalue weighted by Gasteiger charge is -2.18. The van der Waals surface area contributed by atoms with E-state index in [1.807, 2.05) is 30.3 Å². The second-order valence-electron chi connectivity index (χ2n) is 5.94. The Morgan fingerprint density at radius 3 is 2.41 bits per heavy atom. The molecule has 0 radical (unpaired) electrons. The number of anilines is 2. The van der Waals surface area contributed by atoms with E-state index in [-0.39, 0.29) is 12.5 Å². The van der Waals surface area contributed by atoms with Gasteiger partial charge in [0.1, 0.15) is 6.61 Å². The predicted octanol–water partition coefficient (Wildman–Crippen LogP) is 4.75. The van der Waals surface area contributed by atoms with Crippen molar-refractivity contribution in [2.45, 2.75) is 26.9 Å². The van der Waals surface area contributed by atoms with Gasteiger partial charge in [0.15, 0.2) is 5.13 Å². The van der Waals surface area contributed by atoms with Gasteiger partial charge in [-0.15, -0.1) is 11.3 Å². The molecule has 138 valence electrons. The number of aromatic nitrogens is 1. The number of hydrogen-bond acceptors (Lipinski definition) is 5. The molecule has 3 rings (SSSR count). The highest BCUT2D eigenvalue weighted by Gasteiger charge is 2.18. The van der Waals surface area contributed by atoms with Crippen LogP contribution in [0.2, 0.25) is 0 Å². The van der Waals surface area contributed by atoms with Crippen LogP contribution < -0.4 is 4.90 Å². The molecular weight excluding hydrogens is 360 g/mol. The lowest BCUT2D eigenvalue weighted by atomic mass is 10.1. The number of carbonyl (C=O) groups excluding carboxylic acids is 2. The van der Waals surface area contributed by atoms with Crippen LogP contribution in [0.15, 0.2) is 60.0 Å². The molecule has 1 heterocycles. The zero-order valence-corrected chi connectivity index (χ0v) is 16.0. The molecule has 0 fully saturated rings. The number of amides is 1. The highest BCUT2D eigenvalue weighted by Crippen LogP contribution is 2.29. The molecule has 0 aliphatic rings. The molecule has 6 heteroatoms. The number of aryl methyl sites for hydroxylation is 1. The maximum atomic E-state index is 12.2. The highest BCUT2D eigenvalue weighted by molar-refractivity contribution is 7.14. The number of carbonyl (C=O) groups is 2. The summed E-state index contributed by atoms with van der Waals surface area (Å²) in [4.78, 5) is 30.2. The maximum absolute atomic E-state index is 12.2. The van der Waals surface area contributed by atoms with Crippen molar-refractivity contribution in [3.05, 3.63) is 76.8 Å². The fraction of sp³-hybridized carbons (Fsp3) is 0.190. The van der Waals surface area contributed by atoms with Crippen molar-refractivity contribution in [3.63, 3.8) is 0 Å². The Bertz CT molecular complexity index is 920. The van der Waals surface area contributed by atoms with E-state index in [0.717, 1.165) is 12.1 Å². The monoisotopic (exact) mass is 380 g/mol. The molecule has 27 heavy (non-hydrogen) atoms. The molecule has 1 amide bonds. The minimum atomic E-state index is -0.399. The van der Waals surface area contributed by atoms with Crippen LogP contribution in [0.1, 0.15) is 35.5 Å². The van der Waals surface area contributed by atoms with Gasteiger partial charge in [0.2, 0.25) is 5.91 Å². The third kappa shape index (κ3) is 4.60. The highest BCUT2D eigenvalue weighted by atomic mass is 32.1. The Labute approximate surface area is 162 Å². The van der Waals surface area contributed by atoms with Crippen LogP contribution in [0.4, 0.5) is 10.8 Å². The van der Waals surface area contributed by atoms with E-state index >= 15 is 0 Å². The average molecular weight is 380 g/mol. The van der Waals surface area contributed by atoms with Crippen molar-refractivity contribution in [2.75, 3.05) is 4.90 Å². The number of hydrogen-bond donors (Lipinski definition) is 0. The van der Waals surface area contributed by atoms with E-state index in [9.17, 15) is 9.59 Å². The van der Waals surface area contributed by atoms with Crippen LogP contribution in [-0.4, -0.2) is 16.9 Å². The molecule has 0 saturated heterocycles. The van der Waals surface area contributed by atoms with E-state index in [4.69, 9.17) is 4.74 Å². The molecule has 3 aromatic rings. The fourth-order valence-corrected chi connectivity index (χ4v) is 3.44. The summed E-state index contributed by atoms with van der Waals surface area (Å²) < 4.78 is 5.31. The van der Waals surface area contributed by atoms with E-state index < -0.39 is 5.97 Å². The summed E-state index contributed by atoms with van der Waals surface area (Å²) in [6.07, 6.45) is 0.939. The van der Waals surface area contributed by atoms with Crippen molar-refractivity contribution >= 4 is 34.0 Å². The lowest BCUT2D eigenvalue weighted by Crippen LogP contribution is -2.22. The summed E-state index contributed by atoms with van der Waals surface area (Å²) in [5.74, 6) is -0.523. The first-order valence-corrected chi connectivity index (χ1v) is 9.52. The van der Waals surface area contributed by atoms with Gasteiger partial charge in [0, 0.05) is 12.3 Å². The molecule has 0 aliphatic carbocycles. The zero-order valence-electron chi connectivity index (χ0n) is 15.2. The quantitative estimate of drug-likeness (QED) is 0.579. The molecule has 1 aromatic heterocycles. The topological polar surface area (TPSA) is 59.5 Å². The number of thiazole rings is 1. The van der Waals surface area contributed by atoms with E-state index in [0.29, 0.717) is 16.4 Å². The number of nitrogens with zero attached hydrogens (tertiary/aromatic N) is 2. The van der Waals surface area contributed by atoms with Crippen molar-refractivity contribution < 1.29 is 14.3 Å². The number of rotatable bonds is 6. The molecule has 0 saturated carbocycles. The minimum Gasteiger partial charge on any atom is -0.456 e. The first kappa shape index (κ1) is 18.8. The van der Waals surface area contributed by atoms with E-state index in [1.54, 1.807) is 34.5 Å². The van der Waals surface area contributed by atoms with Gasteiger partial charge >= 0.3 is 5.97 Å². The van der Waals surface area contributed by atoms with Crippen molar-refractivity contribution in [3.8, 4) is 0 Å². The Morgan fingerprint density at radius 1 is 1.07 bits per heavy atom. The van der Waals surface area contributed by atoms with Crippen molar-refractivity contribution in [1.82, 2.24) is 4.98 Å². The summed E-state index contributed by atoms with van der Waals surface area (Å²) in [6.45, 7) is 3.65. The second-order valence-corrected chi connectivity index (χ2v) is 6.77. The Morgan fingerprint density at radius 2 is 1.78 bits per heavy atom. The van der Waals surface area contributed by atoms with E-state index in [1.165, 1.54) is 23.8 Å². The van der Waals surface area contributed by atoms with Gasteiger partial charge in [-0.3, -0.25) is 9.69 Å². The number of esters is 1. The molecule has 0 spiro atoms. The van der Waals surface area contributed by atoms with Crippen LogP contribution in [0.25, 0.3) is 0 Å². The van der Waals surface area contributed by atoms with Gasteiger partial charge in [-0.2, -0.15) is 0 Å². The minimum absolute atomic E-state index is 0.0603. The molecule has 0 bridgehead atoms. The van der Waals surface area contributed by atoms with Crippen LogP contribution in [0.5, 0.6) is 0 Å². The Hall–Kier alpha value is -2.99. The van der Waals surface area contributed by atoms with Gasteiger partial charge < -0.3 is 4.74 Å². The second kappa shape index (κ2) is 8.60. The lowest BCUT2D eigenvalue weighted by molar-refractivity contribution is -0.115. The van der Waals surface area contributed by atoms with Gasteiger partial charge in [-0.05, 0) is 36.2 Å². The van der Waals surface area contributed by atoms with Crippen LogP contribution in [0, 0.1) is 0 Å². The van der Waals surface area contributed by atoms with E-state index in [2.05, 4.69) is 11.9 Å². The summed E-state index contributed by atoms with van der Waals surface area (Å²) in [6, 6.07) is 16.6. The largest absolute Gasteiger partial charge is 0.456 e. The third-order valence-corrected chi connectivity index (χ3v) is 4.88. The number of ether oxygens (including phenoxy) is 1. The third-order valence-electron chi connectivity index (χ3n) is 4.01. The van der Waals surface area contributed by atoms with Gasteiger partial charge in [0.05, 0.1) is 16.9 Å². The van der Waals surface area contributed by atoms with Gasteiger partial charge in [-0.25, -0.2) is 9.78 Å². The van der Waals surface area contributed by atoms with Crippen LogP contribution in [-0.2, 0) is 22.6 Å². The van der Waals surface area contributed by atoms with Gasteiger partial charge in [0.25, 0.3) is 0 Å². The maximum Gasteiger partial charge on any atom is 0.338 e. The predicted molar refractivity (Wildman–Crippen MR) is 106 cm³/mol. The average Bonchev–Trinajstić information content (AvgIpc) is 3.15. The summed E-state index contributed by atoms with van der Waals surface area (Å²) in [7, 11) is 0. The molecule has 2 aromatic carbocycles. The smallest absolute Gasteiger partial charge is 0.338 e. The normalized spacial score (nSPS) is 10.4. The summed E-state index contributed by atoms with van der Waals surface area (Å²) >= 11 is 1.34. The fourth-order valence-electron chi connectivity index (χ4n) is 2.57. The SMILES string of the molecule is CCc1ccc(N(C(C)=O)c2nc(COC(=O)c3ccccc3)cs2)cc1. The molecular formula is C21H20N2O3S. The Kier molecular flexibility index (Phi) is 5.98. The molecule has 5 nitrogen and oxygen atoms in total. The molecule has 0 N–H and O–H groups in total. The van der Waals surface area contributed by atoms with Crippen LogP contribution >= 0.6 is 11.3 Å². The van der Waals surface area contributed by atoms with Crippen molar-refractivity contribution in [1.29, 1.82) is 0 Å². The molecule has 0 atom stereocenters. The Balaban J connectivity index is 1.72. The van der Waals surface area contributed by atoms with Crippen LogP contribution in [0.3, 0.4) is 0 Å². The zero-order chi connectivity index (χ0) is 19.2. The summed E-state index contributed by atoms with van der Waals surface area (Å²) in [5.41, 5.74) is 3.07. The molecule has 0 aliphatic heterocycles. The standard InChI is InChI=1S/C21H20N2O3S/c1-3-16-9-11-19(12-10-16)23(15(2)24)21-22-18(14-27-21)13-26-20(25)17-7-5-4-6-8-17/h4-12,14H,3,13H2,1-2H3. The first-order valence-electron chi connectivity index (χ1n) is 8.64. The van der Waals surface area contributed by atoms with Gasteiger partial charge in [-0.1, -0.05) is 37.3 Å². The number of benzene rings is 2. The first-order chi connectivity index (χ1) is 13.1. The van der Waals surface area contributed by atoms with Crippen molar-refractivity contribution in [2.24, 2.45) is 0 Å².